The van der Waals surface area contributed by atoms with Crippen LogP contribution in [0.2, 0.25) is 0 Å². The van der Waals surface area contributed by atoms with Crippen LogP contribution in [0.4, 0.5) is 5.69 Å². The van der Waals surface area contributed by atoms with Crippen LogP contribution in [-0.4, -0.2) is 27.5 Å². The number of anilines is 1. The fourth-order valence-electron chi connectivity index (χ4n) is 5.95. The maximum Gasteiger partial charge on any atom is 0.272 e. The first-order valence-corrected chi connectivity index (χ1v) is 17.8. The molecular formula is C44H35N3O4S. The van der Waals surface area contributed by atoms with E-state index in [4.69, 9.17) is 4.74 Å². The lowest BCUT2D eigenvalue weighted by atomic mass is 10.1. The monoisotopic (exact) mass is 701 g/mol. The normalized spacial score (nSPS) is 12.0. The molecule has 7 aromatic rings. The molecule has 0 saturated carbocycles. The number of hydrogen-bond acceptors (Lipinski definition) is 5. The van der Waals surface area contributed by atoms with Crippen LogP contribution in [0.1, 0.15) is 33.2 Å². The van der Waals surface area contributed by atoms with Crippen molar-refractivity contribution in [1.29, 1.82) is 0 Å². The second-order valence-corrected chi connectivity index (χ2v) is 13.6. The Hall–Kier alpha value is -6.38. The number of rotatable bonds is 11. The molecule has 0 radical (unpaired) electrons. The number of thioether (sulfide) groups is 1. The summed E-state index contributed by atoms with van der Waals surface area (Å²) < 4.78 is 7.71. The van der Waals surface area contributed by atoms with Crippen molar-refractivity contribution in [3.05, 3.63) is 180 Å². The van der Waals surface area contributed by atoms with Gasteiger partial charge in [-0.3, -0.25) is 19.0 Å². The van der Waals surface area contributed by atoms with Gasteiger partial charge in [-0.2, -0.15) is 0 Å². The fraction of sp³-hybridized carbons (Fsp3) is 0.0682. The van der Waals surface area contributed by atoms with Crippen molar-refractivity contribution >= 4 is 63.1 Å². The van der Waals surface area contributed by atoms with Crippen molar-refractivity contribution in [2.45, 2.75) is 23.7 Å². The van der Waals surface area contributed by atoms with Gasteiger partial charge in [0.15, 0.2) is 0 Å². The van der Waals surface area contributed by atoms with Crippen LogP contribution in [0, 0.1) is 0 Å². The van der Waals surface area contributed by atoms with E-state index in [1.54, 1.807) is 41.0 Å². The number of aromatic nitrogens is 1. The second kappa shape index (κ2) is 15.7. The summed E-state index contributed by atoms with van der Waals surface area (Å²) >= 11 is 1.41. The highest BCUT2D eigenvalue weighted by Gasteiger charge is 2.22. The van der Waals surface area contributed by atoms with Gasteiger partial charge >= 0.3 is 0 Å². The quantitative estimate of drug-likeness (QED) is 0.104. The molecular weight excluding hydrogens is 667 g/mol. The molecule has 0 saturated heterocycles. The molecule has 2 amide bonds. The van der Waals surface area contributed by atoms with E-state index in [1.807, 2.05) is 134 Å². The predicted octanol–water partition coefficient (Wildman–Crippen LogP) is 9.60. The van der Waals surface area contributed by atoms with Crippen molar-refractivity contribution in [1.82, 2.24) is 9.88 Å². The lowest BCUT2D eigenvalue weighted by Crippen LogP contribution is -2.30. The van der Waals surface area contributed by atoms with Crippen molar-refractivity contribution in [3.8, 4) is 5.75 Å². The third kappa shape index (κ3) is 7.83. The lowest BCUT2D eigenvalue weighted by Gasteiger charge is -2.15. The molecule has 0 aliphatic carbocycles. The van der Waals surface area contributed by atoms with Crippen LogP contribution in [0.3, 0.4) is 0 Å². The van der Waals surface area contributed by atoms with Gasteiger partial charge in [0.1, 0.15) is 18.1 Å². The molecule has 8 heteroatoms. The van der Waals surface area contributed by atoms with Gasteiger partial charge < -0.3 is 15.4 Å². The molecule has 1 unspecified atom stereocenters. The van der Waals surface area contributed by atoms with Crippen LogP contribution >= 0.6 is 11.8 Å². The fourth-order valence-corrected chi connectivity index (χ4v) is 6.92. The first-order chi connectivity index (χ1) is 25.4. The Bertz CT molecular complexity index is 2350. The highest BCUT2D eigenvalue weighted by Crippen LogP contribution is 2.32. The molecule has 7 rings (SSSR count). The standard InChI is InChI=1S/C44H35N3O4S/c1-30(44(50)47-40-21-10-8-19-37(40)38-20-9-11-22-41(38)47)52-36-18-12-17-34(28-36)45-43(49)39(46-42(48)33-15-6-3-7-16-33)27-31-23-25-35(26-24-31)51-29-32-13-4-2-5-14-32/h2-28,30H,29H2,1H3,(H,45,49)(H,46,48)/b39-27+. The van der Waals surface area contributed by atoms with E-state index < -0.39 is 17.1 Å². The maximum atomic E-state index is 13.9. The summed E-state index contributed by atoms with van der Waals surface area (Å²) in [5.41, 5.74) is 4.51. The number of para-hydroxylation sites is 2. The minimum Gasteiger partial charge on any atom is -0.489 e. The molecule has 256 valence electrons. The molecule has 7 nitrogen and oxygen atoms in total. The number of ether oxygens (including phenoxy) is 1. The topological polar surface area (TPSA) is 89.4 Å². The zero-order chi connectivity index (χ0) is 35.9. The SMILES string of the molecule is CC(Sc1cccc(NC(=O)/C(=C\c2ccc(OCc3ccccc3)cc2)NC(=O)c2ccccc2)c1)C(=O)n1c2ccccc2c2ccccc21. The number of carbonyl (C=O) groups excluding carboxylic acids is 3. The number of hydrogen-bond donors (Lipinski definition) is 2. The summed E-state index contributed by atoms with van der Waals surface area (Å²) in [6.45, 7) is 2.32. The first kappa shape index (κ1) is 34.1. The minimum atomic E-state index is -0.495. The van der Waals surface area contributed by atoms with Crippen molar-refractivity contribution in [3.63, 3.8) is 0 Å². The Labute approximate surface area is 305 Å². The van der Waals surface area contributed by atoms with E-state index in [0.29, 0.717) is 29.2 Å². The molecule has 52 heavy (non-hydrogen) atoms. The van der Waals surface area contributed by atoms with Gasteiger partial charge in [0.2, 0.25) is 5.91 Å². The third-order valence-corrected chi connectivity index (χ3v) is 9.60. The van der Waals surface area contributed by atoms with E-state index in [2.05, 4.69) is 10.6 Å². The van der Waals surface area contributed by atoms with E-state index in [1.165, 1.54) is 11.8 Å². The summed E-state index contributed by atoms with van der Waals surface area (Å²) in [5, 5.41) is 7.37. The Morgan fingerprint density at radius 2 is 1.33 bits per heavy atom. The maximum absolute atomic E-state index is 13.9. The van der Waals surface area contributed by atoms with E-state index in [0.717, 1.165) is 32.3 Å². The number of amides is 2. The van der Waals surface area contributed by atoms with E-state index in [-0.39, 0.29) is 11.6 Å². The average Bonchev–Trinajstić information content (AvgIpc) is 3.52. The molecule has 0 fully saturated rings. The molecule has 1 atom stereocenters. The number of benzene rings is 6. The van der Waals surface area contributed by atoms with Gasteiger partial charge in [-0.05, 0) is 78.7 Å². The van der Waals surface area contributed by atoms with Gasteiger partial charge in [0.05, 0.1) is 16.3 Å². The highest BCUT2D eigenvalue weighted by atomic mass is 32.2. The van der Waals surface area contributed by atoms with Gasteiger partial charge in [-0.25, -0.2) is 0 Å². The summed E-state index contributed by atoms with van der Waals surface area (Å²) in [7, 11) is 0. The Morgan fingerprint density at radius 1 is 0.712 bits per heavy atom. The Kier molecular flexibility index (Phi) is 10.3. The average molecular weight is 702 g/mol. The van der Waals surface area contributed by atoms with E-state index >= 15 is 0 Å². The number of nitrogens with one attached hydrogen (secondary N) is 2. The third-order valence-electron chi connectivity index (χ3n) is 8.52. The number of fused-ring (bicyclic) bond motifs is 3. The van der Waals surface area contributed by atoms with Crippen LogP contribution in [0.25, 0.3) is 27.9 Å². The molecule has 1 heterocycles. The molecule has 0 spiro atoms. The van der Waals surface area contributed by atoms with Gasteiger partial charge in [0.25, 0.3) is 11.8 Å². The van der Waals surface area contributed by atoms with Crippen LogP contribution in [0.15, 0.2) is 168 Å². The minimum absolute atomic E-state index is 0.0397. The molecule has 0 aliphatic heterocycles. The Balaban J connectivity index is 1.08. The van der Waals surface area contributed by atoms with Gasteiger partial charge in [-0.1, -0.05) is 103 Å². The molecule has 6 aromatic carbocycles. The summed E-state index contributed by atoms with van der Waals surface area (Å²) in [4.78, 5) is 41.7. The van der Waals surface area contributed by atoms with Crippen LogP contribution < -0.4 is 15.4 Å². The van der Waals surface area contributed by atoms with Crippen LogP contribution in [-0.2, 0) is 11.4 Å². The smallest absolute Gasteiger partial charge is 0.272 e. The summed E-state index contributed by atoms with van der Waals surface area (Å²) in [6.07, 6.45) is 1.63. The molecule has 2 N–H and O–H groups in total. The first-order valence-electron chi connectivity index (χ1n) is 16.9. The molecule has 0 aliphatic rings. The van der Waals surface area contributed by atoms with Crippen molar-refractivity contribution in [2.75, 3.05) is 5.32 Å². The highest BCUT2D eigenvalue weighted by molar-refractivity contribution is 8.00. The number of nitrogens with zero attached hydrogens (tertiary/aromatic N) is 1. The van der Waals surface area contributed by atoms with Gasteiger partial charge in [0, 0.05) is 26.9 Å². The summed E-state index contributed by atoms with van der Waals surface area (Å²) in [5.74, 6) is -0.264. The Morgan fingerprint density at radius 3 is 2.00 bits per heavy atom. The lowest BCUT2D eigenvalue weighted by molar-refractivity contribution is -0.113. The summed E-state index contributed by atoms with van der Waals surface area (Å²) in [6, 6.07) is 49.1. The molecule has 1 aromatic heterocycles. The van der Waals surface area contributed by atoms with Crippen molar-refractivity contribution < 1.29 is 19.1 Å². The second-order valence-electron chi connectivity index (χ2n) is 12.2. The van der Waals surface area contributed by atoms with Crippen molar-refractivity contribution in [2.24, 2.45) is 0 Å². The van der Waals surface area contributed by atoms with Crippen LogP contribution in [0.5, 0.6) is 5.75 Å². The largest absolute Gasteiger partial charge is 0.489 e. The van der Waals surface area contributed by atoms with Gasteiger partial charge in [-0.15, -0.1) is 11.8 Å². The zero-order valence-electron chi connectivity index (χ0n) is 28.4. The predicted molar refractivity (Wildman–Crippen MR) is 210 cm³/mol. The number of carbonyl (C=O) groups is 3. The molecule has 0 bridgehead atoms. The van der Waals surface area contributed by atoms with E-state index in [9.17, 15) is 14.4 Å². The zero-order valence-corrected chi connectivity index (χ0v) is 29.2.